The van der Waals surface area contributed by atoms with Crippen molar-refractivity contribution < 1.29 is 34.4 Å². The Balaban J connectivity index is 2.35. The number of benzene rings is 2. The number of alkyl carbamates (subject to hydrolysis) is 1. The van der Waals surface area contributed by atoms with Crippen LogP contribution in [0.2, 0.25) is 0 Å². The first-order valence-corrected chi connectivity index (χ1v) is 11.2. The van der Waals surface area contributed by atoms with Gasteiger partial charge >= 0.3 is 6.09 Å². The highest BCUT2D eigenvalue weighted by molar-refractivity contribution is 5.92. The minimum absolute atomic E-state index is 0.120. The number of ether oxygens (including phenoxy) is 1. The third kappa shape index (κ3) is 8.58. The second-order valence-corrected chi connectivity index (χ2v) is 8.84. The molecule has 0 heterocycles. The number of phenols is 1. The number of phenolic OH excluding ortho intramolecular Hbond substituents is 1. The summed E-state index contributed by atoms with van der Waals surface area (Å²) in [6, 6.07) is 12.3. The van der Waals surface area contributed by atoms with Crippen LogP contribution in [0, 0.1) is 0 Å². The molecular weight excluding hydrogens is 454 g/mol. The summed E-state index contributed by atoms with van der Waals surface area (Å²) < 4.78 is 5.16. The zero-order valence-electron chi connectivity index (χ0n) is 20.1. The van der Waals surface area contributed by atoms with Crippen molar-refractivity contribution in [1.29, 1.82) is 0 Å². The van der Waals surface area contributed by atoms with Crippen LogP contribution in [-0.2, 0) is 20.9 Å². The molecule has 0 bridgehead atoms. The molecule has 0 aliphatic rings. The Bertz CT molecular complexity index is 992. The molecule has 190 valence electrons. The van der Waals surface area contributed by atoms with Gasteiger partial charge in [0.15, 0.2) is 0 Å². The van der Waals surface area contributed by atoms with Gasteiger partial charge in [-0.25, -0.2) is 4.79 Å². The molecule has 2 atom stereocenters. The van der Waals surface area contributed by atoms with Gasteiger partial charge in [0.2, 0.25) is 11.8 Å². The third-order valence-corrected chi connectivity index (χ3v) is 4.85. The van der Waals surface area contributed by atoms with Crippen LogP contribution in [0.1, 0.15) is 37.9 Å². The largest absolute Gasteiger partial charge is 0.508 e. The molecule has 2 aromatic rings. The van der Waals surface area contributed by atoms with Gasteiger partial charge in [-0.2, -0.15) is 0 Å². The van der Waals surface area contributed by atoms with E-state index < -0.39 is 48.8 Å². The number of carbonyl (C=O) groups excluding carboxylic acids is 3. The van der Waals surface area contributed by atoms with E-state index in [1.807, 2.05) is 30.3 Å². The minimum Gasteiger partial charge on any atom is -0.508 e. The number of carbonyl (C=O) groups is 3. The highest BCUT2D eigenvalue weighted by Crippen LogP contribution is 2.25. The number of nitrogens with one attached hydrogen (secondary N) is 2. The lowest BCUT2D eigenvalue weighted by Crippen LogP contribution is -2.55. The van der Waals surface area contributed by atoms with E-state index >= 15 is 0 Å². The Labute approximate surface area is 204 Å². The predicted molar refractivity (Wildman–Crippen MR) is 128 cm³/mol. The summed E-state index contributed by atoms with van der Waals surface area (Å²) >= 11 is 0. The second-order valence-electron chi connectivity index (χ2n) is 8.84. The van der Waals surface area contributed by atoms with Crippen molar-refractivity contribution >= 4 is 17.9 Å². The lowest BCUT2D eigenvalue weighted by Gasteiger charge is -2.33. The highest BCUT2D eigenvalue weighted by atomic mass is 16.6. The van der Waals surface area contributed by atoms with Crippen molar-refractivity contribution in [3.63, 3.8) is 0 Å². The molecule has 0 aliphatic carbocycles. The normalized spacial score (nSPS) is 12.8. The van der Waals surface area contributed by atoms with E-state index in [-0.39, 0.29) is 24.4 Å². The van der Waals surface area contributed by atoms with E-state index in [4.69, 9.17) is 4.74 Å². The Hall–Kier alpha value is -3.63. The zero-order valence-corrected chi connectivity index (χ0v) is 20.1. The topological polar surface area (TPSA) is 148 Å². The number of amides is 3. The number of hydrogen-bond donors (Lipinski definition) is 5. The molecule has 2 aromatic carbocycles. The molecule has 10 heteroatoms. The summed E-state index contributed by atoms with van der Waals surface area (Å²) in [5, 5.41) is 34.6. The molecule has 0 aliphatic heterocycles. The van der Waals surface area contributed by atoms with Crippen LogP contribution in [0.5, 0.6) is 5.75 Å². The van der Waals surface area contributed by atoms with Crippen molar-refractivity contribution in [2.45, 2.75) is 45.0 Å². The van der Waals surface area contributed by atoms with Gasteiger partial charge < -0.3 is 35.6 Å². The van der Waals surface area contributed by atoms with Crippen LogP contribution < -0.4 is 10.6 Å². The Kier molecular flexibility index (Phi) is 10.0. The maximum atomic E-state index is 13.4. The lowest BCUT2D eigenvalue weighted by molar-refractivity contribution is -0.143. The van der Waals surface area contributed by atoms with E-state index in [0.717, 1.165) is 10.5 Å². The van der Waals surface area contributed by atoms with E-state index in [1.165, 1.54) is 18.2 Å². The van der Waals surface area contributed by atoms with Gasteiger partial charge in [0.05, 0.1) is 13.2 Å². The average Bonchev–Trinajstić information content (AvgIpc) is 2.80. The number of nitrogens with zero attached hydrogens (tertiary/aromatic N) is 1. The molecule has 0 aromatic heterocycles. The van der Waals surface area contributed by atoms with Gasteiger partial charge in [-0.15, -0.1) is 0 Å². The number of hydrogen-bond acceptors (Lipinski definition) is 7. The molecule has 0 radical (unpaired) electrons. The van der Waals surface area contributed by atoms with Gasteiger partial charge in [0, 0.05) is 13.1 Å². The lowest BCUT2D eigenvalue weighted by atomic mass is 10.0. The van der Waals surface area contributed by atoms with E-state index in [2.05, 4.69) is 10.6 Å². The first kappa shape index (κ1) is 27.6. The van der Waals surface area contributed by atoms with Gasteiger partial charge in [0.1, 0.15) is 23.4 Å². The number of rotatable bonds is 10. The third-order valence-electron chi connectivity index (χ3n) is 4.85. The molecule has 2 rings (SSSR count). The van der Waals surface area contributed by atoms with E-state index in [0.29, 0.717) is 0 Å². The van der Waals surface area contributed by atoms with Crippen molar-refractivity contribution in [3.8, 4) is 5.75 Å². The van der Waals surface area contributed by atoms with E-state index in [1.54, 1.807) is 26.8 Å². The summed E-state index contributed by atoms with van der Waals surface area (Å²) in [5.41, 5.74) is 0.279. The summed E-state index contributed by atoms with van der Waals surface area (Å²) in [6.07, 6.45) is -0.920. The fourth-order valence-electron chi connectivity index (χ4n) is 3.36. The molecule has 0 fully saturated rings. The van der Waals surface area contributed by atoms with Crippen LogP contribution in [0.25, 0.3) is 0 Å². The monoisotopic (exact) mass is 487 g/mol. The van der Waals surface area contributed by atoms with Gasteiger partial charge in [-0.05, 0) is 44.0 Å². The smallest absolute Gasteiger partial charge is 0.408 e. The van der Waals surface area contributed by atoms with Gasteiger partial charge in [0.25, 0.3) is 0 Å². The molecule has 0 saturated heterocycles. The molecular formula is C25H33N3O7. The molecule has 35 heavy (non-hydrogen) atoms. The van der Waals surface area contributed by atoms with Crippen LogP contribution in [0.3, 0.4) is 0 Å². The molecule has 5 N–H and O–H groups in total. The predicted octanol–water partition coefficient (Wildman–Crippen LogP) is 1.46. The fourth-order valence-corrected chi connectivity index (χ4v) is 3.36. The minimum atomic E-state index is -1.43. The molecule has 0 saturated carbocycles. The molecule has 0 spiro atoms. The maximum Gasteiger partial charge on any atom is 0.408 e. The fraction of sp³-hybridized carbons (Fsp3) is 0.400. The van der Waals surface area contributed by atoms with Crippen molar-refractivity contribution in [2.75, 3.05) is 19.8 Å². The zero-order chi connectivity index (χ0) is 26.0. The number of aromatic hydroxyl groups is 1. The SMILES string of the molecule is CC(C)(C)OC(=O)NC(CO)C(=O)N(CCO)C(C(=O)NCc1ccccc1)c1cccc(O)c1. The maximum absolute atomic E-state index is 13.4. The van der Waals surface area contributed by atoms with Gasteiger partial charge in [-0.3, -0.25) is 9.59 Å². The average molecular weight is 488 g/mol. The van der Waals surface area contributed by atoms with Crippen LogP contribution in [-0.4, -0.2) is 69.5 Å². The first-order chi connectivity index (χ1) is 16.6. The number of aliphatic hydroxyl groups excluding tert-OH is 2. The van der Waals surface area contributed by atoms with Crippen molar-refractivity contribution in [2.24, 2.45) is 0 Å². The summed E-state index contributed by atoms with van der Waals surface area (Å²) in [7, 11) is 0. The second kappa shape index (κ2) is 12.7. The van der Waals surface area contributed by atoms with Crippen LogP contribution >= 0.6 is 0 Å². The molecule has 3 amide bonds. The van der Waals surface area contributed by atoms with Crippen molar-refractivity contribution in [3.05, 3.63) is 65.7 Å². The number of aliphatic hydroxyl groups is 2. The first-order valence-electron chi connectivity index (χ1n) is 11.2. The Morgan fingerprint density at radius 1 is 1.03 bits per heavy atom. The summed E-state index contributed by atoms with van der Waals surface area (Å²) in [5.74, 6) is -1.50. The quantitative estimate of drug-likeness (QED) is 0.341. The van der Waals surface area contributed by atoms with Crippen LogP contribution in [0.15, 0.2) is 54.6 Å². The molecule has 10 nitrogen and oxygen atoms in total. The summed E-state index contributed by atoms with van der Waals surface area (Å²) in [6.45, 7) is 3.59. The molecule has 2 unspecified atom stereocenters. The van der Waals surface area contributed by atoms with E-state index in [9.17, 15) is 29.7 Å². The summed E-state index contributed by atoms with van der Waals surface area (Å²) in [4.78, 5) is 40.0. The highest BCUT2D eigenvalue weighted by Gasteiger charge is 2.36. The standard InChI is InChI=1S/C25H33N3O7/c1-25(2,3)35-24(34)27-20(16-30)23(33)28(12-13-29)21(18-10-7-11-19(31)14-18)22(32)26-15-17-8-5-4-6-9-17/h4-11,14,20-21,29-31H,12-13,15-16H2,1-3H3,(H,26,32)(H,27,34). The Morgan fingerprint density at radius 3 is 2.29 bits per heavy atom. The van der Waals surface area contributed by atoms with Crippen LogP contribution in [0.4, 0.5) is 4.79 Å². The Morgan fingerprint density at radius 2 is 1.71 bits per heavy atom. The van der Waals surface area contributed by atoms with Gasteiger partial charge in [-0.1, -0.05) is 42.5 Å². The van der Waals surface area contributed by atoms with Crippen molar-refractivity contribution in [1.82, 2.24) is 15.5 Å².